The zero-order valence-corrected chi connectivity index (χ0v) is 16.0. The third-order valence-corrected chi connectivity index (χ3v) is 9.01. The van der Waals surface area contributed by atoms with Crippen molar-refractivity contribution in [3.63, 3.8) is 0 Å². The molecule has 0 unspecified atom stereocenters. The SMILES string of the molecule is C[C-]=CCO[Si](c1ccccc1)(c1ccccc1)C(C)(C)C.[Li+]. The molecule has 0 aliphatic rings. The first-order chi connectivity index (χ1) is 10.5. The summed E-state index contributed by atoms with van der Waals surface area (Å²) in [5.41, 5.74) is 0. The summed E-state index contributed by atoms with van der Waals surface area (Å²) in [7, 11) is -2.36. The third kappa shape index (κ3) is 4.28. The van der Waals surface area contributed by atoms with Gasteiger partial charge in [0, 0.05) is 6.61 Å². The Morgan fingerprint density at radius 3 is 1.70 bits per heavy atom. The largest absolute Gasteiger partial charge is 1.00 e. The molecule has 0 aliphatic carbocycles. The Morgan fingerprint density at radius 1 is 0.913 bits per heavy atom. The van der Waals surface area contributed by atoms with Gasteiger partial charge in [-0.3, -0.25) is 0 Å². The number of benzene rings is 2. The second-order valence-corrected chi connectivity index (χ2v) is 10.8. The van der Waals surface area contributed by atoms with Crippen LogP contribution < -0.4 is 29.2 Å². The Labute approximate surface area is 154 Å². The van der Waals surface area contributed by atoms with Gasteiger partial charge in [0.1, 0.15) is 0 Å². The van der Waals surface area contributed by atoms with E-state index < -0.39 is 8.32 Å². The summed E-state index contributed by atoms with van der Waals surface area (Å²) in [6.07, 6.45) is 5.04. The smallest absolute Gasteiger partial charge is 0.502 e. The predicted octanol–water partition coefficient (Wildman–Crippen LogP) is 0.946. The van der Waals surface area contributed by atoms with E-state index in [2.05, 4.69) is 87.5 Å². The van der Waals surface area contributed by atoms with Crippen molar-refractivity contribution in [2.45, 2.75) is 32.7 Å². The predicted molar refractivity (Wildman–Crippen MR) is 97.1 cm³/mol. The Morgan fingerprint density at radius 2 is 1.35 bits per heavy atom. The average Bonchev–Trinajstić information content (AvgIpc) is 2.52. The Balaban J connectivity index is 0.00000264. The van der Waals surface area contributed by atoms with Crippen molar-refractivity contribution in [2.24, 2.45) is 0 Å². The van der Waals surface area contributed by atoms with Gasteiger partial charge in [0.25, 0.3) is 8.32 Å². The van der Waals surface area contributed by atoms with Gasteiger partial charge in [0.05, 0.1) is 0 Å². The molecule has 0 N–H and O–H groups in total. The summed E-state index contributed by atoms with van der Waals surface area (Å²) in [5.74, 6) is 0. The minimum Gasteiger partial charge on any atom is -0.502 e. The molecule has 0 heterocycles. The van der Waals surface area contributed by atoms with Crippen molar-refractivity contribution in [2.75, 3.05) is 6.61 Å². The standard InChI is InChI=1S/C20H25OSi.Li/c1-5-6-17-21-22(20(2,3)4,18-13-9-7-10-14-18)19-15-11-8-12-16-19;/h6-16H,17H2,1-4H3;/q-1;+1. The Kier molecular flexibility index (Phi) is 7.57. The van der Waals surface area contributed by atoms with E-state index in [0.29, 0.717) is 6.61 Å². The number of hydrogen-bond acceptors (Lipinski definition) is 1. The summed E-state index contributed by atoms with van der Waals surface area (Å²) in [5, 5.41) is 2.67. The van der Waals surface area contributed by atoms with Crippen LogP contribution in [0.1, 0.15) is 27.7 Å². The van der Waals surface area contributed by atoms with E-state index in [1.54, 1.807) is 0 Å². The second-order valence-electron chi connectivity index (χ2n) is 6.47. The van der Waals surface area contributed by atoms with Crippen molar-refractivity contribution in [1.29, 1.82) is 0 Å². The maximum absolute atomic E-state index is 6.63. The number of rotatable bonds is 5. The summed E-state index contributed by atoms with van der Waals surface area (Å²) in [6, 6.07) is 21.4. The molecule has 0 fully saturated rings. The molecule has 23 heavy (non-hydrogen) atoms. The van der Waals surface area contributed by atoms with Crippen LogP contribution in [-0.2, 0) is 4.43 Å². The molecule has 0 bridgehead atoms. The van der Waals surface area contributed by atoms with Crippen molar-refractivity contribution in [3.8, 4) is 0 Å². The zero-order chi connectivity index (χ0) is 16.1. The second kappa shape index (κ2) is 8.71. The minimum atomic E-state index is -2.36. The van der Waals surface area contributed by atoms with Gasteiger partial charge >= 0.3 is 18.9 Å². The quantitative estimate of drug-likeness (QED) is 0.589. The van der Waals surface area contributed by atoms with Gasteiger partial charge in [-0.05, 0) is 15.4 Å². The van der Waals surface area contributed by atoms with E-state index in [1.165, 1.54) is 10.4 Å². The monoisotopic (exact) mass is 316 g/mol. The topological polar surface area (TPSA) is 9.23 Å². The van der Waals surface area contributed by atoms with E-state index >= 15 is 0 Å². The van der Waals surface area contributed by atoms with Crippen molar-refractivity contribution < 1.29 is 23.3 Å². The first kappa shape index (κ1) is 20.0. The van der Waals surface area contributed by atoms with E-state index in [4.69, 9.17) is 4.43 Å². The van der Waals surface area contributed by atoms with Crippen LogP contribution >= 0.6 is 0 Å². The normalized spacial score (nSPS) is 12.2. The fraction of sp³-hybridized carbons (Fsp3) is 0.300. The molecular formula is C20H25LiOSi. The molecule has 0 aromatic heterocycles. The maximum atomic E-state index is 6.63. The van der Waals surface area contributed by atoms with E-state index in [9.17, 15) is 0 Å². The molecule has 0 amide bonds. The first-order valence-corrected chi connectivity index (χ1v) is 9.67. The fourth-order valence-corrected chi connectivity index (χ4v) is 7.50. The van der Waals surface area contributed by atoms with Crippen molar-refractivity contribution >= 4 is 18.7 Å². The van der Waals surface area contributed by atoms with Crippen LogP contribution in [0.15, 0.2) is 66.7 Å². The summed E-state index contributed by atoms with van der Waals surface area (Å²) >= 11 is 0. The van der Waals surface area contributed by atoms with Gasteiger partial charge in [0.2, 0.25) is 0 Å². The Bertz CT molecular complexity index is 563. The van der Waals surface area contributed by atoms with E-state index in [1.807, 2.05) is 13.0 Å². The molecule has 116 valence electrons. The molecule has 2 rings (SSSR count). The summed E-state index contributed by atoms with van der Waals surface area (Å²) in [4.78, 5) is 0. The fourth-order valence-electron chi connectivity index (χ4n) is 3.01. The van der Waals surface area contributed by atoms with Crippen LogP contribution in [0.3, 0.4) is 0 Å². The maximum Gasteiger partial charge on any atom is 1.00 e. The van der Waals surface area contributed by atoms with Gasteiger partial charge < -0.3 is 10.5 Å². The number of hydrogen-bond donors (Lipinski definition) is 0. The summed E-state index contributed by atoms with van der Waals surface area (Å²) in [6.45, 7) is 9.38. The van der Waals surface area contributed by atoms with Crippen LogP contribution in [-0.4, -0.2) is 14.9 Å². The molecule has 0 saturated carbocycles. The molecule has 2 aromatic carbocycles. The van der Waals surface area contributed by atoms with Crippen LogP contribution in [0, 0.1) is 6.08 Å². The van der Waals surface area contributed by atoms with Gasteiger partial charge in [-0.15, -0.1) is 0 Å². The number of allylic oxidation sites excluding steroid dienone is 1. The molecule has 0 atom stereocenters. The van der Waals surface area contributed by atoms with Gasteiger partial charge in [-0.2, -0.15) is 6.92 Å². The molecule has 2 aromatic rings. The molecule has 0 spiro atoms. The van der Waals surface area contributed by atoms with E-state index in [0.717, 1.165) is 0 Å². The van der Waals surface area contributed by atoms with Gasteiger partial charge in [-0.25, -0.2) is 6.08 Å². The molecule has 0 aliphatic heterocycles. The molecule has 1 nitrogen and oxygen atoms in total. The van der Waals surface area contributed by atoms with E-state index in [-0.39, 0.29) is 23.9 Å². The molecular weight excluding hydrogens is 291 g/mol. The minimum absolute atomic E-state index is 0. The van der Waals surface area contributed by atoms with Crippen LogP contribution in [0.25, 0.3) is 0 Å². The van der Waals surface area contributed by atoms with Crippen LogP contribution in [0.5, 0.6) is 0 Å². The van der Waals surface area contributed by atoms with Crippen molar-refractivity contribution in [3.05, 3.63) is 72.8 Å². The molecule has 0 radical (unpaired) electrons. The summed E-state index contributed by atoms with van der Waals surface area (Å²) < 4.78 is 6.63. The van der Waals surface area contributed by atoms with Crippen LogP contribution in [0.2, 0.25) is 5.04 Å². The molecule has 3 heteroatoms. The molecule has 0 saturated heterocycles. The zero-order valence-electron chi connectivity index (χ0n) is 15.0. The van der Waals surface area contributed by atoms with Gasteiger partial charge in [0.15, 0.2) is 0 Å². The van der Waals surface area contributed by atoms with Crippen molar-refractivity contribution in [1.82, 2.24) is 0 Å². The van der Waals surface area contributed by atoms with Gasteiger partial charge in [-0.1, -0.05) is 81.4 Å². The van der Waals surface area contributed by atoms with Crippen LogP contribution in [0.4, 0.5) is 0 Å². The Hall–Kier alpha value is -1.05. The third-order valence-electron chi connectivity index (χ3n) is 4.00. The first-order valence-electron chi connectivity index (χ1n) is 7.76. The average molecular weight is 316 g/mol.